The van der Waals surface area contributed by atoms with E-state index >= 15 is 0 Å². The summed E-state index contributed by atoms with van der Waals surface area (Å²) in [6, 6.07) is 0. The highest BCUT2D eigenvalue weighted by Gasteiger charge is 2.48. The monoisotopic (exact) mass is 296 g/mol. The minimum Gasteiger partial charge on any atom is -0.439 e. The maximum atomic E-state index is 11.5. The molecule has 0 N–H and O–H groups in total. The van der Waals surface area contributed by atoms with E-state index < -0.39 is 0 Å². The molecule has 2 saturated heterocycles. The summed E-state index contributed by atoms with van der Waals surface area (Å²) >= 11 is 0. The van der Waals surface area contributed by atoms with Crippen molar-refractivity contribution < 1.29 is 18.8 Å². The molecule has 1 atom stereocenters. The molecule has 1 spiro atoms. The first-order valence-corrected chi connectivity index (χ1v) is 7.07. The van der Waals surface area contributed by atoms with Crippen LogP contribution in [0.25, 0.3) is 0 Å². The van der Waals surface area contributed by atoms with Crippen molar-refractivity contribution in [1.82, 2.24) is 19.9 Å². The van der Waals surface area contributed by atoms with E-state index in [0.29, 0.717) is 44.4 Å². The zero-order valence-electron chi connectivity index (χ0n) is 12.4. The molecule has 2 aliphatic heterocycles. The normalized spacial score (nSPS) is 26.0. The van der Waals surface area contributed by atoms with Gasteiger partial charge >= 0.3 is 6.09 Å². The first kappa shape index (κ1) is 14.3. The summed E-state index contributed by atoms with van der Waals surface area (Å²) in [6.45, 7) is 3.37. The molecule has 3 rings (SSSR count). The third kappa shape index (κ3) is 3.01. The number of carbonyl (C=O) groups excluding carboxylic acids is 1. The van der Waals surface area contributed by atoms with Crippen LogP contribution >= 0.6 is 0 Å². The van der Waals surface area contributed by atoms with Crippen molar-refractivity contribution in [3.8, 4) is 0 Å². The summed E-state index contributed by atoms with van der Waals surface area (Å²) in [4.78, 5) is 19.7. The number of hydrogen-bond donors (Lipinski definition) is 0. The Morgan fingerprint density at radius 2 is 2.29 bits per heavy atom. The van der Waals surface area contributed by atoms with Crippen LogP contribution in [-0.2, 0) is 22.4 Å². The Kier molecular flexibility index (Phi) is 3.81. The Morgan fingerprint density at radius 3 is 3.00 bits per heavy atom. The molecule has 2 aliphatic rings. The van der Waals surface area contributed by atoms with Crippen molar-refractivity contribution >= 4 is 6.09 Å². The summed E-state index contributed by atoms with van der Waals surface area (Å²) in [5, 5.41) is 3.92. The molecule has 0 radical (unpaired) electrons. The number of nitrogens with zero attached hydrogens (tertiary/aromatic N) is 4. The van der Waals surface area contributed by atoms with Gasteiger partial charge in [0.15, 0.2) is 5.82 Å². The fourth-order valence-corrected chi connectivity index (χ4v) is 2.91. The lowest BCUT2D eigenvalue weighted by Gasteiger charge is -2.20. The van der Waals surface area contributed by atoms with Gasteiger partial charge in [-0.05, 0) is 0 Å². The number of amides is 1. The highest BCUT2D eigenvalue weighted by molar-refractivity contribution is 5.70. The van der Waals surface area contributed by atoms with Crippen molar-refractivity contribution in [3.63, 3.8) is 0 Å². The number of methoxy groups -OCH3 is 1. The molecule has 0 bridgehead atoms. The van der Waals surface area contributed by atoms with Crippen molar-refractivity contribution in [2.24, 2.45) is 0 Å². The topological polar surface area (TPSA) is 80.9 Å². The number of carbonyl (C=O) groups is 1. The van der Waals surface area contributed by atoms with Gasteiger partial charge in [0.2, 0.25) is 5.89 Å². The van der Waals surface area contributed by atoms with Crippen molar-refractivity contribution in [3.05, 3.63) is 11.7 Å². The van der Waals surface area contributed by atoms with Crippen LogP contribution in [-0.4, -0.2) is 72.0 Å². The van der Waals surface area contributed by atoms with Gasteiger partial charge in [-0.15, -0.1) is 0 Å². The maximum Gasteiger partial charge on any atom is 0.410 e. The standard InChI is InChI=1S/C13H20N4O4/c1-16-8-13(20-12(16)18)4-5-17(9-13)7-11-14-10(15-21-11)3-6-19-2/h3-9H2,1-2H3/t13-/m1/s1. The lowest BCUT2D eigenvalue weighted by molar-refractivity contribution is 0.0617. The molecule has 3 heterocycles. The molecule has 0 saturated carbocycles. The Bertz CT molecular complexity index is 520. The second-order valence-electron chi connectivity index (χ2n) is 5.71. The number of ether oxygens (including phenoxy) is 2. The molecule has 2 fully saturated rings. The number of likely N-dealkylation sites (tertiary alicyclic amines) is 1. The van der Waals surface area contributed by atoms with E-state index in [1.54, 1.807) is 19.1 Å². The molecule has 116 valence electrons. The summed E-state index contributed by atoms with van der Waals surface area (Å²) in [6.07, 6.45) is 1.25. The number of rotatable bonds is 5. The molecule has 0 aliphatic carbocycles. The number of likely N-dealkylation sites (N-methyl/N-ethyl adjacent to an activating group) is 1. The Hall–Kier alpha value is -1.67. The summed E-state index contributed by atoms with van der Waals surface area (Å²) in [5.41, 5.74) is -0.370. The van der Waals surface area contributed by atoms with Crippen LogP contribution in [0, 0.1) is 0 Å². The van der Waals surface area contributed by atoms with Gasteiger partial charge in [-0.2, -0.15) is 4.98 Å². The number of aromatic nitrogens is 2. The van der Waals surface area contributed by atoms with Gasteiger partial charge in [0.25, 0.3) is 0 Å². The molecule has 8 heteroatoms. The van der Waals surface area contributed by atoms with Gasteiger partial charge in [0.1, 0.15) is 5.60 Å². The average Bonchev–Trinajstić information content (AvgIpc) is 3.11. The highest BCUT2D eigenvalue weighted by Crippen LogP contribution is 2.32. The van der Waals surface area contributed by atoms with Crippen LogP contribution in [0.4, 0.5) is 4.79 Å². The van der Waals surface area contributed by atoms with E-state index in [1.165, 1.54) is 0 Å². The Labute approximate surface area is 123 Å². The van der Waals surface area contributed by atoms with Crippen LogP contribution in [0.3, 0.4) is 0 Å². The lowest BCUT2D eigenvalue weighted by Crippen LogP contribution is -2.37. The van der Waals surface area contributed by atoms with Gasteiger partial charge in [-0.3, -0.25) is 4.90 Å². The first-order valence-electron chi connectivity index (χ1n) is 7.07. The van der Waals surface area contributed by atoms with Crippen LogP contribution in [0.1, 0.15) is 18.1 Å². The van der Waals surface area contributed by atoms with E-state index in [9.17, 15) is 4.79 Å². The van der Waals surface area contributed by atoms with Crippen molar-refractivity contribution in [2.75, 3.05) is 40.4 Å². The third-order valence-electron chi connectivity index (χ3n) is 3.94. The van der Waals surface area contributed by atoms with Gasteiger partial charge in [0, 0.05) is 40.1 Å². The smallest absolute Gasteiger partial charge is 0.410 e. The molecular formula is C13H20N4O4. The van der Waals surface area contributed by atoms with Gasteiger partial charge in [0.05, 0.1) is 19.7 Å². The molecule has 1 aromatic heterocycles. The zero-order valence-corrected chi connectivity index (χ0v) is 12.4. The molecule has 1 aromatic rings. The molecule has 1 amide bonds. The molecule has 0 aromatic carbocycles. The maximum absolute atomic E-state index is 11.5. The predicted octanol–water partition coefficient (Wildman–Crippen LogP) is 0.285. The molecule has 8 nitrogen and oxygen atoms in total. The van der Waals surface area contributed by atoms with Crippen LogP contribution in [0.2, 0.25) is 0 Å². The van der Waals surface area contributed by atoms with Gasteiger partial charge in [-0.25, -0.2) is 4.79 Å². The quantitative estimate of drug-likeness (QED) is 0.772. The summed E-state index contributed by atoms with van der Waals surface area (Å²) in [7, 11) is 3.41. The highest BCUT2D eigenvalue weighted by atomic mass is 16.6. The summed E-state index contributed by atoms with van der Waals surface area (Å²) in [5.74, 6) is 1.25. The number of hydrogen-bond acceptors (Lipinski definition) is 7. The van der Waals surface area contributed by atoms with E-state index in [4.69, 9.17) is 14.0 Å². The second-order valence-corrected chi connectivity index (χ2v) is 5.71. The predicted molar refractivity (Wildman–Crippen MR) is 71.6 cm³/mol. The molecule has 21 heavy (non-hydrogen) atoms. The van der Waals surface area contributed by atoms with E-state index in [0.717, 1.165) is 13.0 Å². The van der Waals surface area contributed by atoms with Crippen LogP contribution in [0.15, 0.2) is 4.52 Å². The zero-order chi connectivity index (χ0) is 14.9. The van der Waals surface area contributed by atoms with E-state index in [-0.39, 0.29) is 11.7 Å². The summed E-state index contributed by atoms with van der Waals surface area (Å²) < 4.78 is 15.7. The average molecular weight is 296 g/mol. The fourth-order valence-electron chi connectivity index (χ4n) is 2.91. The second kappa shape index (κ2) is 5.61. The van der Waals surface area contributed by atoms with Gasteiger partial charge in [-0.1, -0.05) is 5.16 Å². The largest absolute Gasteiger partial charge is 0.439 e. The fraction of sp³-hybridized carbons (Fsp3) is 0.769. The van der Waals surface area contributed by atoms with Crippen LogP contribution in [0.5, 0.6) is 0 Å². The van der Waals surface area contributed by atoms with E-state index in [2.05, 4.69) is 15.0 Å². The minimum atomic E-state index is -0.370. The first-order chi connectivity index (χ1) is 10.1. The van der Waals surface area contributed by atoms with E-state index in [1.807, 2.05) is 0 Å². The lowest BCUT2D eigenvalue weighted by atomic mass is 10.0. The molecular weight excluding hydrogens is 276 g/mol. The van der Waals surface area contributed by atoms with Gasteiger partial charge < -0.3 is 18.9 Å². The van der Waals surface area contributed by atoms with Crippen LogP contribution < -0.4 is 0 Å². The molecule has 0 unspecified atom stereocenters. The van der Waals surface area contributed by atoms with Crippen molar-refractivity contribution in [1.29, 1.82) is 0 Å². The Morgan fingerprint density at radius 1 is 1.43 bits per heavy atom. The Balaban J connectivity index is 1.55. The minimum absolute atomic E-state index is 0.239. The van der Waals surface area contributed by atoms with Crippen molar-refractivity contribution in [2.45, 2.75) is 25.0 Å². The SMILES string of the molecule is COCCc1noc(CN2CC[C@]3(C2)CN(C)C(=O)O3)n1. The third-order valence-corrected chi connectivity index (χ3v) is 3.94.